The maximum Gasteiger partial charge on any atom is 0.417 e. The van der Waals surface area contributed by atoms with Crippen molar-refractivity contribution in [2.75, 3.05) is 0 Å². The maximum absolute atomic E-state index is 12.9. The van der Waals surface area contributed by atoms with E-state index in [9.17, 15) is 9.59 Å². The van der Waals surface area contributed by atoms with Crippen LogP contribution in [0.2, 0.25) is 0 Å². The summed E-state index contributed by atoms with van der Waals surface area (Å²) >= 11 is 3.42. The molecule has 1 saturated carbocycles. The lowest BCUT2D eigenvalue weighted by atomic mass is 10.0. The molecule has 2 amide bonds. The third kappa shape index (κ3) is 2.97. The summed E-state index contributed by atoms with van der Waals surface area (Å²) in [6, 6.07) is 17.3. The Bertz CT molecular complexity index is 805. The molecule has 0 spiro atoms. The van der Waals surface area contributed by atoms with Gasteiger partial charge in [-0.3, -0.25) is 4.79 Å². The smallest absolute Gasteiger partial charge is 0.417 e. The average Bonchev–Trinajstić information content (AvgIpc) is 3.36. The number of hydrogen-bond acceptors (Lipinski definition) is 3. The van der Waals surface area contributed by atoms with Gasteiger partial charge in [0.15, 0.2) is 0 Å². The number of hydrogen-bond donors (Lipinski definition) is 0. The Kier molecular flexibility index (Phi) is 4.12. The first-order chi connectivity index (χ1) is 12.1. The first kappa shape index (κ1) is 16.3. The summed E-state index contributed by atoms with van der Waals surface area (Å²) in [7, 11) is 0. The maximum atomic E-state index is 12.9. The number of carbonyl (C=O) groups excluding carboxylic acids is 2. The lowest BCUT2D eigenvalue weighted by Gasteiger charge is -2.19. The van der Waals surface area contributed by atoms with Crippen LogP contribution in [-0.2, 0) is 9.53 Å². The molecular formula is C20H18BrNO3. The van der Waals surface area contributed by atoms with Gasteiger partial charge in [-0.2, -0.15) is 0 Å². The molecule has 128 valence electrons. The van der Waals surface area contributed by atoms with Crippen LogP contribution in [0.1, 0.15) is 36.5 Å². The Balaban J connectivity index is 1.49. The van der Waals surface area contributed by atoms with E-state index in [-0.39, 0.29) is 23.8 Å². The van der Waals surface area contributed by atoms with E-state index in [2.05, 4.69) is 15.9 Å². The molecule has 5 heteroatoms. The predicted molar refractivity (Wildman–Crippen MR) is 97.0 cm³/mol. The Hall–Kier alpha value is -2.14. The Morgan fingerprint density at radius 3 is 2.44 bits per heavy atom. The third-order valence-corrected chi connectivity index (χ3v) is 5.57. The van der Waals surface area contributed by atoms with E-state index < -0.39 is 12.2 Å². The largest absolute Gasteiger partial charge is 0.439 e. The number of amides is 2. The van der Waals surface area contributed by atoms with E-state index in [0.717, 1.165) is 22.0 Å². The molecule has 2 aromatic rings. The van der Waals surface area contributed by atoms with Crippen molar-refractivity contribution in [1.82, 2.24) is 4.90 Å². The molecule has 1 aliphatic carbocycles. The zero-order valence-corrected chi connectivity index (χ0v) is 15.3. The topological polar surface area (TPSA) is 46.6 Å². The number of benzene rings is 2. The number of rotatable bonds is 3. The SMILES string of the molecule is C[C@H]1[C@H](c2ccccc2)OC(=O)N1C(=O)C1CC1c1ccc(Br)cc1. The van der Waals surface area contributed by atoms with Gasteiger partial charge in [0.1, 0.15) is 6.10 Å². The van der Waals surface area contributed by atoms with Crippen molar-refractivity contribution in [1.29, 1.82) is 0 Å². The molecule has 0 radical (unpaired) electrons. The molecule has 4 atom stereocenters. The predicted octanol–water partition coefficient (Wildman–Crippen LogP) is 4.66. The third-order valence-electron chi connectivity index (χ3n) is 5.04. The molecule has 2 unspecified atom stereocenters. The zero-order chi connectivity index (χ0) is 17.6. The molecular weight excluding hydrogens is 382 g/mol. The molecule has 2 aliphatic rings. The summed E-state index contributed by atoms with van der Waals surface area (Å²) in [4.78, 5) is 26.5. The lowest BCUT2D eigenvalue weighted by molar-refractivity contribution is -0.130. The van der Waals surface area contributed by atoms with Crippen molar-refractivity contribution < 1.29 is 14.3 Å². The molecule has 0 N–H and O–H groups in total. The molecule has 0 aromatic heterocycles. The van der Waals surface area contributed by atoms with Crippen LogP contribution < -0.4 is 0 Å². The number of carbonyl (C=O) groups is 2. The second-order valence-electron chi connectivity index (χ2n) is 6.66. The van der Waals surface area contributed by atoms with Crippen LogP contribution in [0.3, 0.4) is 0 Å². The Morgan fingerprint density at radius 2 is 1.76 bits per heavy atom. The summed E-state index contributed by atoms with van der Waals surface area (Å²) < 4.78 is 6.50. The number of halogens is 1. The average molecular weight is 400 g/mol. The Labute approximate surface area is 154 Å². The standard InChI is InChI=1S/C20H18BrNO3/c1-12-18(14-5-3-2-4-6-14)25-20(24)22(12)19(23)17-11-16(17)13-7-9-15(21)10-8-13/h2-10,12,16-18H,11H2,1H3/t12-,16?,17?,18+/m0/s1. The number of cyclic esters (lactones) is 1. The normalized spacial score (nSPS) is 27.9. The highest BCUT2D eigenvalue weighted by Gasteiger charge is 2.52. The summed E-state index contributed by atoms with van der Waals surface area (Å²) in [5.41, 5.74) is 2.06. The molecule has 1 heterocycles. The van der Waals surface area contributed by atoms with Crippen molar-refractivity contribution in [3.05, 3.63) is 70.2 Å². The van der Waals surface area contributed by atoms with Gasteiger partial charge in [-0.05, 0) is 42.5 Å². The van der Waals surface area contributed by atoms with Crippen molar-refractivity contribution in [2.24, 2.45) is 5.92 Å². The number of imide groups is 1. The van der Waals surface area contributed by atoms with Crippen LogP contribution in [0.15, 0.2) is 59.1 Å². The van der Waals surface area contributed by atoms with Crippen LogP contribution in [0.25, 0.3) is 0 Å². The Morgan fingerprint density at radius 1 is 1.08 bits per heavy atom. The van der Waals surface area contributed by atoms with Crippen molar-refractivity contribution in [3.63, 3.8) is 0 Å². The molecule has 2 aromatic carbocycles. The number of ether oxygens (including phenoxy) is 1. The van der Waals surface area contributed by atoms with Gasteiger partial charge >= 0.3 is 6.09 Å². The summed E-state index contributed by atoms with van der Waals surface area (Å²) in [5.74, 6) is -0.0640. The fourth-order valence-electron chi connectivity index (χ4n) is 3.57. The van der Waals surface area contributed by atoms with Gasteiger partial charge in [0, 0.05) is 10.4 Å². The monoisotopic (exact) mass is 399 g/mol. The molecule has 2 fully saturated rings. The highest BCUT2D eigenvalue weighted by molar-refractivity contribution is 9.10. The van der Waals surface area contributed by atoms with E-state index in [0.29, 0.717) is 0 Å². The molecule has 4 rings (SSSR count). The second kappa shape index (κ2) is 6.30. The molecule has 4 nitrogen and oxygen atoms in total. The van der Waals surface area contributed by atoms with Crippen molar-refractivity contribution >= 4 is 27.9 Å². The minimum Gasteiger partial charge on any atom is -0.439 e. The van der Waals surface area contributed by atoms with Gasteiger partial charge in [0.05, 0.1) is 6.04 Å². The van der Waals surface area contributed by atoms with Gasteiger partial charge in [-0.25, -0.2) is 9.69 Å². The first-order valence-corrected chi connectivity index (χ1v) is 9.19. The van der Waals surface area contributed by atoms with E-state index in [1.165, 1.54) is 4.90 Å². The first-order valence-electron chi connectivity index (χ1n) is 8.40. The number of nitrogens with zero attached hydrogens (tertiary/aromatic N) is 1. The van der Waals surface area contributed by atoms with Crippen LogP contribution >= 0.6 is 15.9 Å². The molecule has 1 aliphatic heterocycles. The highest BCUT2D eigenvalue weighted by Crippen LogP contribution is 2.50. The summed E-state index contributed by atoms with van der Waals surface area (Å²) in [6.07, 6.45) is -0.150. The van der Waals surface area contributed by atoms with Gasteiger partial charge < -0.3 is 4.74 Å². The van der Waals surface area contributed by atoms with Gasteiger partial charge in [0.25, 0.3) is 0 Å². The summed E-state index contributed by atoms with van der Waals surface area (Å²) in [5, 5.41) is 0. The minimum atomic E-state index is -0.534. The van der Waals surface area contributed by atoms with E-state index >= 15 is 0 Å². The highest BCUT2D eigenvalue weighted by atomic mass is 79.9. The lowest BCUT2D eigenvalue weighted by Crippen LogP contribution is -2.39. The van der Waals surface area contributed by atoms with Crippen molar-refractivity contribution in [3.8, 4) is 0 Å². The van der Waals surface area contributed by atoms with Crippen LogP contribution in [0.5, 0.6) is 0 Å². The van der Waals surface area contributed by atoms with Crippen molar-refractivity contribution in [2.45, 2.75) is 31.4 Å². The quantitative estimate of drug-likeness (QED) is 0.753. The van der Waals surface area contributed by atoms with E-state index in [4.69, 9.17) is 4.74 Å². The fourth-order valence-corrected chi connectivity index (χ4v) is 3.83. The van der Waals surface area contributed by atoms with Gasteiger partial charge in [0.2, 0.25) is 5.91 Å². The van der Waals surface area contributed by atoms with Crippen LogP contribution in [0, 0.1) is 5.92 Å². The molecule has 0 bridgehead atoms. The fraction of sp³-hybridized carbons (Fsp3) is 0.300. The van der Waals surface area contributed by atoms with Crippen LogP contribution in [-0.4, -0.2) is 22.9 Å². The molecule has 1 saturated heterocycles. The van der Waals surface area contributed by atoms with Crippen LogP contribution in [0.4, 0.5) is 4.79 Å². The van der Waals surface area contributed by atoms with Gasteiger partial charge in [-0.1, -0.05) is 58.4 Å². The summed E-state index contributed by atoms with van der Waals surface area (Å²) in [6.45, 7) is 1.87. The molecule has 25 heavy (non-hydrogen) atoms. The second-order valence-corrected chi connectivity index (χ2v) is 7.58. The van der Waals surface area contributed by atoms with E-state index in [1.807, 2.05) is 61.5 Å². The van der Waals surface area contributed by atoms with Gasteiger partial charge in [-0.15, -0.1) is 0 Å². The zero-order valence-electron chi connectivity index (χ0n) is 13.8. The van der Waals surface area contributed by atoms with E-state index in [1.54, 1.807) is 0 Å². The minimum absolute atomic E-state index is 0.121.